The van der Waals surface area contributed by atoms with Gasteiger partial charge >= 0.3 is 0 Å². The third kappa shape index (κ3) is 2.14. The van der Waals surface area contributed by atoms with E-state index in [0.717, 1.165) is 24.5 Å². The number of hydrogen-bond donors (Lipinski definition) is 0. The van der Waals surface area contributed by atoms with E-state index in [4.69, 9.17) is 0 Å². The van der Waals surface area contributed by atoms with Crippen molar-refractivity contribution in [3.8, 4) is 0 Å². The molecule has 92 valence electrons. The van der Waals surface area contributed by atoms with Crippen LogP contribution in [0.2, 0.25) is 0 Å². The predicted molar refractivity (Wildman–Crippen MR) is 71.5 cm³/mol. The normalized spacial score (nSPS) is 15.8. The Morgan fingerprint density at radius 1 is 1.12 bits per heavy atom. The molecular weight excluding hydrogens is 212 g/mol. The Bertz CT molecular complexity index is 434. The van der Waals surface area contributed by atoms with Gasteiger partial charge in [-0.05, 0) is 12.1 Å². The third-order valence-electron chi connectivity index (χ3n) is 3.13. The highest BCUT2D eigenvalue weighted by Crippen LogP contribution is 2.34. The lowest BCUT2D eigenvalue weighted by atomic mass is 9.94. The molecule has 0 N–H and O–H groups in total. The lowest BCUT2D eigenvalue weighted by Crippen LogP contribution is -2.47. The predicted octanol–water partition coefficient (Wildman–Crippen LogP) is 2.52. The van der Waals surface area contributed by atoms with Gasteiger partial charge in [0.2, 0.25) is 5.91 Å². The fourth-order valence-corrected chi connectivity index (χ4v) is 2.12. The fourth-order valence-electron chi connectivity index (χ4n) is 2.12. The standard InChI is InChI=1S/C14H20N2O/c1-14(2,3)13(17)16-10-9-15(4)11-7-5-6-8-12(11)16/h5-8H,9-10H2,1-4H3. The van der Waals surface area contributed by atoms with Crippen LogP contribution in [-0.2, 0) is 4.79 Å². The molecular formula is C14H20N2O. The largest absolute Gasteiger partial charge is 0.371 e. The van der Waals surface area contributed by atoms with Gasteiger partial charge < -0.3 is 9.80 Å². The monoisotopic (exact) mass is 232 g/mol. The van der Waals surface area contributed by atoms with E-state index >= 15 is 0 Å². The molecule has 0 bridgehead atoms. The molecule has 0 atom stereocenters. The quantitative estimate of drug-likeness (QED) is 0.686. The van der Waals surface area contributed by atoms with Gasteiger partial charge in [0.1, 0.15) is 0 Å². The number of nitrogens with zero attached hydrogens (tertiary/aromatic N) is 2. The molecule has 1 heterocycles. The molecule has 1 aromatic rings. The summed E-state index contributed by atoms with van der Waals surface area (Å²) >= 11 is 0. The zero-order chi connectivity index (χ0) is 12.6. The number of hydrogen-bond acceptors (Lipinski definition) is 2. The molecule has 0 spiro atoms. The molecule has 1 aromatic carbocycles. The first-order chi connectivity index (χ1) is 7.91. The molecule has 1 amide bonds. The topological polar surface area (TPSA) is 23.6 Å². The van der Waals surface area contributed by atoms with Crippen LogP contribution < -0.4 is 9.80 Å². The molecule has 17 heavy (non-hydrogen) atoms. The van der Waals surface area contributed by atoms with Crippen molar-refractivity contribution in [3.63, 3.8) is 0 Å². The lowest BCUT2D eigenvalue weighted by molar-refractivity contribution is -0.125. The Hall–Kier alpha value is -1.51. The molecule has 2 rings (SSSR count). The van der Waals surface area contributed by atoms with Crippen LogP contribution in [0.4, 0.5) is 11.4 Å². The van der Waals surface area contributed by atoms with Crippen molar-refractivity contribution in [2.45, 2.75) is 20.8 Å². The minimum atomic E-state index is -0.330. The molecule has 1 aliphatic rings. The summed E-state index contributed by atoms with van der Waals surface area (Å²) in [6.45, 7) is 7.56. The van der Waals surface area contributed by atoms with E-state index < -0.39 is 0 Å². The second-order valence-corrected chi connectivity index (χ2v) is 5.62. The van der Waals surface area contributed by atoms with Gasteiger partial charge in [-0.25, -0.2) is 0 Å². The molecule has 1 aliphatic heterocycles. The number of anilines is 2. The molecule has 0 fully saturated rings. The highest BCUT2D eigenvalue weighted by molar-refractivity contribution is 6.00. The second-order valence-electron chi connectivity index (χ2n) is 5.62. The smallest absolute Gasteiger partial charge is 0.232 e. The number of amides is 1. The highest BCUT2D eigenvalue weighted by Gasteiger charge is 2.31. The Morgan fingerprint density at radius 3 is 2.29 bits per heavy atom. The van der Waals surface area contributed by atoms with Crippen molar-refractivity contribution in [1.82, 2.24) is 0 Å². The van der Waals surface area contributed by atoms with Crippen LogP contribution in [-0.4, -0.2) is 26.0 Å². The van der Waals surface area contributed by atoms with E-state index in [1.807, 2.05) is 43.9 Å². The van der Waals surface area contributed by atoms with Gasteiger partial charge in [-0.2, -0.15) is 0 Å². The van der Waals surface area contributed by atoms with Crippen molar-refractivity contribution >= 4 is 17.3 Å². The molecule has 0 unspecified atom stereocenters. The Balaban J connectivity index is 2.40. The minimum Gasteiger partial charge on any atom is -0.371 e. The summed E-state index contributed by atoms with van der Waals surface area (Å²) < 4.78 is 0. The summed E-state index contributed by atoms with van der Waals surface area (Å²) in [5, 5.41) is 0. The summed E-state index contributed by atoms with van der Waals surface area (Å²) in [5.41, 5.74) is 1.83. The minimum absolute atomic E-state index is 0.193. The van der Waals surface area contributed by atoms with Gasteiger partial charge in [-0.15, -0.1) is 0 Å². The van der Waals surface area contributed by atoms with E-state index in [-0.39, 0.29) is 11.3 Å². The number of rotatable bonds is 0. The van der Waals surface area contributed by atoms with E-state index in [9.17, 15) is 4.79 Å². The summed E-state index contributed by atoms with van der Waals surface area (Å²) in [6, 6.07) is 8.09. The second kappa shape index (κ2) is 4.06. The third-order valence-corrected chi connectivity index (χ3v) is 3.13. The number of likely N-dealkylation sites (N-methyl/N-ethyl adjacent to an activating group) is 1. The number of para-hydroxylation sites is 2. The van der Waals surface area contributed by atoms with E-state index in [2.05, 4.69) is 18.0 Å². The maximum absolute atomic E-state index is 12.4. The van der Waals surface area contributed by atoms with Crippen LogP contribution in [0.3, 0.4) is 0 Å². The van der Waals surface area contributed by atoms with Gasteiger partial charge in [-0.3, -0.25) is 4.79 Å². The zero-order valence-electron chi connectivity index (χ0n) is 11.0. The SMILES string of the molecule is CN1CCN(C(=O)C(C)(C)C)c2ccccc21. The Kier molecular flexibility index (Phi) is 2.86. The summed E-state index contributed by atoms with van der Waals surface area (Å²) in [7, 11) is 2.07. The molecule has 3 heteroatoms. The average molecular weight is 232 g/mol. The molecule has 3 nitrogen and oxygen atoms in total. The van der Waals surface area contributed by atoms with Crippen LogP contribution in [0.25, 0.3) is 0 Å². The zero-order valence-corrected chi connectivity index (χ0v) is 11.0. The molecule has 0 radical (unpaired) electrons. The Labute approximate surface area is 103 Å². The Morgan fingerprint density at radius 2 is 1.71 bits per heavy atom. The first kappa shape index (κ1) is 12.0. The first-order valence-electron chi connectivity index (χ1n) is 6.03. The molecule has 0 aliphatic carbocycles. The fraction of sp³-hybridized carbons (Fsp3) is 0.500. The van der Waals surface area contributed by atoms with E-state index in [1.54, 1.807) is 0 Å². The summed E-state index contributed by atoms with van der Waals surface area (Å²) in [6.07, 6.45) is 0. The molecule has 0 saturated carbocycles. The van der Waals surface area contributed by atoms with Crippen LogP contribution in [0.15, 0.2) is 24.3 Å². The van der Waals surface area contributed by atoms with Gasteiger partial charge in [-0.1, -0.05) is 32.9 Å². The van der Waals surface area contributed by atoms with Gasteiger partial charge in [0, 0.05) is 25.6 Å². The van der Waals surface area contributed by atoms with Crippen LogP contribution >= 0.6 is 0 Å². The van der Waals surface area contributed by atoms with Gasteiger partial charge in [0.05, 0.1) is 11.4 Å². The van der Waals surface area contributed by atoms with Gasteiger partial charge in [0.25, 0.3) is 0 Å². The van der Waals surface area contributed by atoms with Crippen LogP contribution in [0, 0.1) is 5.41 Å². The average Bonchev–Trinajstić information content (AvgIpc) is 2.28. The lowest BCUT2D eigenvalue weighted by Gasteiger charge is -2.38. The van der Waals surface area contributed by atoms with Crippen molar-refractivity contribution < 1.29 is 4.79 Å². The van der Waals surface area contributed by atoms with E-state index in [0.29, 0.717) is 0 Å². The highest BCUT2D eigenvalue weighted by atomic mass is 16.2. The van der Waals surface area contributed by atoms with Crippen molar-refractivity contribution in [3.05, 3.63) is 24.3 Å². The number of benzene rings is 1. The number of fused-ring (bicyclic) bond motifs is 1. The maximum atomic E-state index is 12.4. The summed E-state index contributed by atoms with van der Waals surface area (Å²) in [5.74, 6) is 0.193. The van der Waals surface area contributed by atoms with Crippen molar-refractivity contribution in [2.24, 2.45) is 5.41 Å². The van der Waals surface area contributed by atoms with Crippen molar-refractivity contribution in [2.75, 3.05) is 29.9 Å². The first-order valence-corrected chi connectivity index (χ1v) is 6.03. The maximum Gasteiger partial charge on any atom is 0.232 e. The summed E-state index contributed by atoms with van der Waals surface area (Å²) in [4.78, 5) is 16.5. The number of carbonyl (C=O) groups excluding carboxylic acids is 1. The van der Waals surface area contributed by atoms with Crippen LogP contribution in [0.5, 0.6) is 0 Å². The van der Waals surface area contributed by atoms with Crippen LogP contribution in [0.1, 0.15) is 20.8 Å². The number of carbonyl (C=O) groups is 1. The molecule has 0 saturated heterocycles. The van der Waals surface area contributed by atoms with Crippen molar-refractivity contribution in [1.29, 1.82) is 0 Å². The van der Waals surface area contributed by atoms with E-state index in [1.165, 1.54) is 0 Å². The molecule has 0 aromatic heterocycles. The van der Waals surface area contributed by atoms with Gasteiger partial charge in [0.15, 0.2) is 0 Å².